The highest BCUT2D eigenvalue weighted by molar-refractivity contribution is 6.43. The van der Waals surface area contributed by atoms with Crippen molar-refractivity contribution in [2.75, 3.05) is 5.73 Å². The highest BCUT2D eigenvalue weighted by atomic mass is 35.5. The van der Waals surface area contributed by atoms with E-state index < -0.39 is 23.1 Å². The lowest BCUT2D eigenvalue weighted by molar-refractivity contribution is -0.140. The van der Waals surface area contributed by atoms with E-state index in [-0.39, 0.29) is 21.4 Å². The van der Waals surface area contributed by atoms with Crippen molar-refractivity contribution in [2.45, 2.75) is 6.18 Å². The van der Waals surface area contributed by atoms with Crippen molar-refractivity contribution in [3.63, 3.8) is 0 Å². The molecule has 2 aromatic rings. The van der Waals surface area contributed by atoms with E-state index in [0.717, 1.165) is 10.8 Å². The van der Waals surface area contributed by atoms with E-state index in [2.05, 4.69) is 11.6 Å². The van der Waals surface area contributed by atoms with E-state index in [4.69, 9.17) is 28.9 Å². The molecule has 116 valence electrons. The summed E-state index contributed by atoms with van der Waals surface area (Å²) < 4.78 is 39.7. The van der Waals surface area contributed by atoms with Crippen LogP contribution in [-0.2, 0) is 6.18 Å². The number of nitrogens with zero attached hydrogens (tertiary/aromatic N) is 2. The SMILES string of the molecule is C=Cn1c(-c2cccc(Cl)c2Cl)nc(C(F)(F)F)c(N)c1=O. The Labute approximate surface area is 132 Å². The molecule has 0 aliphatic carbocycles. The molecule has 2 N–H and O–H groups in total. The van der Waals surface area contributed by atoms with Crippen molar-refractivity contribution in [2.24, 2.45) is 0 Å². The van der Waals surface area contributed by atoms with Crippen LogP contribution in [0, 0.1) is 0 Å². The highest BCUT2D eigenvalue weighted by Gasteiger charge is 2.37. The highest BCUT2D eigenvalue weighted by Crippen LogP contribution is 2.35. The average Bonchev–Trinajstić information content (AvgIpc) is 2.43. The van der Waals surface area contributed by atoms with E-state index in [1.807, 2.05) is 0 Å². The molecular weight excluding hydrogens is 342 g/mol. The van der Waals surface area contributed by atoms with Gasteiger partial charge in [-0.05, 0) is 12.1 Å². The molecule has 1 aromatic carbocycles. The quantitative estimate of drug-likeness (QED) is 0.893. The number of alkyl halides is 3. The van der Waals surface area contributed by atoms with Gasteiger partial charge in [0.2, 0.25) is 0 Å². The summed E-state index contributed by atoms with van der Waals surface area (Å²) in [5.74, 6) is -0.353. The van der Waals surface area contributed by atoms with Gasteiger partial charge in [-0.15, -0.1) is 0 Å². The van der Waals surface area contributed by atoms with Crippen LogP contribution in [0.1, 0.15) is 5.69 Å². The lowest BCUT2D eigenvalue weighted by Crippen LogP contribution is -2.27. The summed E-state index contributed by atoms with van der Waals surface area (Å²) in [6.07, 6.45) is -3.89. The van der Waals surface area contributed by atoms with Gasteiger partial charge in [0.05, 0.1) is 10.0 Å². The van der Waals surface area contributed by atoms with Gasteiger partial charge in [0.1, 0.15) is 11.5 Å². The molecule has 9 heteroatoms. The van der Waals surface area contributed by atoms with E-state index >= 15 is 0 Å². The molecule has 1 aromatic heterocycles. The Balaban J connectivity index is 2.92. The summed E-state index contributed by atoms with van der Waals surface area (Å²) in [5, 5.41) is 0.0685. The fourth-order valence-corrected chi connectivity index (χ4v) is 2.18. The molecule has 0 fully saturated rings. The number of rotatable bonds is 2. The van der Waals surface area contributed by atoms with Crippen LogP contribution < -0.4 is 11.3 Å². The minimum Gasteiger partial charge on any atom is -0.392 e. The molecule has 4 nitrogen and oxygen atoms in total. The minimum absolute atomic E-state index is 0.0374. The lowest BCUT2D eigenvalue weighted by Gasteiger charge is -2.15. The summed E-state index contributed by atoms with van der Waals surface area (Å²) >= 11 is 11.8. The predicted molar refractivity (Wildman–Crippen MR) is 79.8 cm³/mol. The summed E-state index contributed by atoms with van der Waals surface area (Å²) in [7, 11) is 0. The zero-order valence-corrected chi connectivity index (χ0v) is 12.3. The number of halogens is 5. The number of aromatic nitrogens is 2. The normalized spacial score (nSPS) is 11.5. The first kappa shape index (κ1) is 16.4. The zero-order chi connectivity index (χ0) is 16.7. The van der Waals surface area contributed by atoms with Gasteiger partial charge in [-0.1, -0.05) is 35.8 Å². The van der Waals surface area contributed by atoms with Crippen LogP contribution in [0.25, 0.3) is 17.6 Å². The molecule has 0 spiro atoms. The summed E-state index contributed by atoms with van der Waals surface area (Å²) in [6, 6.07) is 4.30. The molecule has 0 atom stereocenters. The molecule has 0 aliphatic heterocycles. The fraction of sp³-hybridized carbons (Fsp3) is 0.0769. The van der Waals surface area contributed by atoms with E-state index in [1.165, 1.54) is 18.2 Å². The van der Waals surface area contributed by atoms with E-state index in [0.29, 0.717) is 0 Å². The smallest absolute Gasteiger partial charge is 0.392 e. The van der Waals surface area contributed by atoms with Crippen LogP contribution in [0.3, 0.4) is 0 Å². The van der Waals surface area contributed by atoms with Crippen molar-refractivity contribution < 1.29 is 13.2 Å². The van der Waals surface area contributed by atoms with E-state index in [9.17, 15) is 18.0 Å². The van der Waals surface area contributed by atoms with Crippen molar-refractivity contribution in [3.05, 3.63) is 50.9 Å². The largest absolute Gasteiger partial charge is 0.435 e. The first-order chi connectivity index (χ1) is 10.2. The van der Waals surface area contributed by atoms with Crippen molar-refractivity contribution in [3.8, 4) is 11.4 Å². The Morgan fingerprint density at radius 3 is 2.50 bits per heavy atom. The molecule has 2 rings (SSSR count). The number of hydrogen-bond donors (Lipinski definition) is 1. The lowest BCUT2D eigenvalue weighted by atomic mass is 10.2. The maximum Gasteiger partial charge on any atom is 0.435 e. The maximum absolute atomic E-state index is 13.0. The van der Waals surface area contributed by atoms with Gasteiger partial charge in [0.25, 0.3) is 5.56 Å². The number of nitrogen functional groups attached to an aromatic ring is 1. The molecule has 0 radical (unpaired) electrons. The molecular formula is C13H8Cl2F3N3O. The Hall–Kier alpha value is -1.99. The topological polar surface area (TPSA) is 60.9 Å². The van der Waals surface area contributed by atoms with Crippen LogP contribution in [0.15, 0.2) is 29.6 Å². The first-order valence-electron chi connectivity index (χ1n) is 5.74. The molecule has 0 saturated carbocycles. The number of benzene rings is 1. The predicted octanol–water partition coefficient (Wildman–Crippen LogP) is 3.92. The van der Waals surface area contributed by atoms with Crippen LogP contribution >= 0.6 is 23.2 Å². The van der Waals surface area contributed by atoms with Gasteiger partial charge in [-0.2, -0.15) is 13.2 Å². The van der Waals surface area contributed by atoms with Crippen LogP contribution in [-0.4, -0.2) is 9.55 Å². The number of anilines is 1. The fourth-order valence-electron chi connectivity index (χ4n) is 1.80. The van der Waals surface area contributed by atoms with Crippen LogP contribution in [0.2, 0.25) is 10.0 Å². The van der Waals surface area contributed by atoms with Gasteiger partial charge >= 0.3 is 6.18 Å². The summed E-state index contributed by atoms with van der Waals surface area (Å²) in [4.78, 5) is 15.5. The second-order valence-electron chi connectivity index (χ2n) is 4.15. The van der Waals surface area contributed by atoms with Crippen LogP contribution in [0.5, 0.6) is 0 Å². The van der Waals surface area contributed by atoms with Crippen molar-refractivity contribution >= 4 is 35.1 Å². The van der Waals surface area contributed by atoms with Gasteiger partial charge in [0, 0.05) is 11.8 Å². The Morgan fingerprint density at radius 1 is 1.32 bits per heavy atom. The maximum atomic E-state index is 13.0. The Kier molecular flexibility index (Phi) is 4.21. The second-order valence-corrected chi connectivity index (χ2v) is 4.94. The van der Waals surface area contributed by atoms with Crippen molar-refractivity contribution in [1.82, 2.24) is 9.55 Å². The number of nitrogens with two attached hydrogens (primary N) is 1. The van der Waals surface area contributed by atoms with Gasteiger partial charge in [0.15, 0.2) is 5.69 Å². The average molecular weight is 350 g/mol. The Morgan fingerprint density at radius 2 is 1.95 bits per heavy atom. The molecule has 1 heterocycles. The minimum atomic E-state index is -4.89. The molecule has 0 bridgehead atoms. The first-order valence-corrected chi connectivity index (χ1v) is 6.50. The second kappa shape index (κ2) is 5.66. The van der Waals surface area contributed by atoms with Crippen LogP contribution in [0.4, 0.5) is 18.9 Å². The van der Waals surface area contributed by atoms with Gasteiger partial charge < -0.3 is 5.73 Å². The third kappa shape index (κ3) is 2.69. The molecule has 0 saturated heterocycles. The van der Waals surface area contributed by atoms with Gasteiger partial charge in [-0.25, -0.2) is 4.98 Å². The third-order valence-electron chi connectivity index (χ3n) is 2.79. The molecule has 0 unspecified atom stereocenters. The monoisotopic (exact) mass is 349 g/mol. The Bertz CT molecular complexity index is 815. The summed E-state index contributed by atoms with van der Waals surface area (Å²) in [5.41, 5.74) is 1.69. The van der Waals surface area contributed by atoms with Gasteiger partial charge in [-0.3, -0.25) is 9.36 Å². The number of hydrogen-bond acceptors (Lipinski definition) is 3. The molecule has 0 amide bonds. The van der Waals surface area contributed by atoms with Crippen molar-refractivity contribution in [1.29, 1.82) is 0 Å². The standard InChI is InChI=1S/C13H8Cl2F3N3O/c1-2-21-11(6-4-3-5-7(14)8(6)15)20-10(13(16,17)18)9(19)12(21)22/h2-5H,1,19H2. The molecule has 0 aliphatic rings. The third-order valence-corrected chi connectivity index (χ3v) is 3.61. The molecule has 22 heavy (non-hydrogen) atoms. The van der Waals surface area contributed by atoms with E-state index in [1.54, 1.807) is 0 Å². The zero-order valence-electron chi connectivity index (χ0n) is 10.8. The summed E-state index contributed by atoms with van der Waals surface area (Å²) in [6.45, 7) is 3.37.